The van der Waals surface area contributed by atoms with Crippen molar-refractivity contribution in [1.82, 2.24) is 9.97 Å². The molecule has 1 aromatic rings. The molecule has 0 aliphatic rings. The van der Waals surface area contributed by atoms with Gasteiger partial charge < -0.3 is 21.1 Å². The fourth-order valence-electron chi connectivity index (χ4n) is 1.01. The lowest BCUT2D eigenvalue weighted by molar-refractivity contribution is -0.137. The summed E-state index contributed by atoms with van der Waals surface area (Å²) in [5.74, 6) is 1.07. The molecular weight excluding hydrogens is 212 g/mol. The van der Waals surface area contributed by atoms with Gasteiger partial charge in [0.1, 0.15) is 11.7 Å². The van der Waals surface area contributed by atoms with E-state index in [1.54, 1.807) is 0 Å². The van der Waals surface area contributed by atoms with Gasteiger partial charge in [-0.05, 0) is 0 Å². The molecule has 0 amide bonds. The zero-order chi connectivity index (χ0) is 12.1. The van der Waals surface area contributed by atoms with E-state index in [0.717, 1.165) is 6.33 Å². The van der Waals surface area contributed by atoms with Crippen molar-refractivity contribution in [1.29, 1.82) is 0 Å². The van der Waals surface area contributed by atoms with E-state index in [1.807, 2.05) is 0 Å². The van der Waals surface area contributed by atoms with E-state index in [-0.39, 0.29) is 17.9 Å². The fourth-order valence-corrected chi connectivity index (χ4v) is 1.01. The first kappa shape index (κ1) is 11.6. The summed E-state index contributed by atoms with van der Waals surface area (Å²) < 4.78 is 0. The molecule has 0 aliphatic carbocycles. The maximum atomic E-state index is 11.1. The van der Waals surface area contributed by atoms with Gasteiger partial charge in [0.25, 0.3) is 5.56 Å². The highest BCUT2D eigenvalue weighted by Crippen LogP contribution is 2.10. The Morgan fingerprint density at radius 2 is 2.50 bits per heavy atom. The Balaban J connectivity index is 2.95. The number of aromatic nitrogens is 2. The van der Waals surface area contributed by atoms with Gasteiger partial charge in [-0.15, -0.1) is 12.3 Å². The Hall–Kier alpha value is -2.49. The molecule has 0 bridgehead atoms. The highest BCUT2D eigenvalue weighted by atomic mass is 16.4. The maximum absolute atomic E-state index is 11.1. The van der Waals surface area contributed by atoms with Crippen molar-refractivity contribution in [2.24, 2.45) is 0 Å². The lowest BCUT2D eigenvalue weighted by Crippen LogP contribution is -2.30. The van der Waals surface area contributed by atoms with Crippen LogP contribution in [0.5, 0.6) is 0 Å². The molecule has 84 valence electrons. The van der Waals surface area contributed by atoms with E-state index in [4.69, 9.17) is 17.3 Å². The van der Waals surface area contributed by atoms with E-state index in [9.17, 15) is 9.59 Å². The zero-order valence-electron chi connectivity index (χ0n) is 8.23. The first-order chi connectivity index (χ1) is 7.56. The number of carboxylic acids is 1. The van der Waals surface area contributed by atoms with Crippen molar-refractivity contribution in [3.63, 3.8) is 0 Å². The van der Waals surface area contributed by atoms with Crippen LogP contribution in [0.4, 0.5) is 11.5 Å². The van der Waals surface area contributed by atoms with E-state index < -0.39 is 17.6 Å². The van der Waals surface area contributed by atoms with E-state index >= 15 is 0 Å². The molecule has 0 spiro atoms. The van der Waals surface area contributed by atoms with Crippen LogP contribution in [0.3, 0.4) is 0 Å². The Morgan fingerprint density at radius 1 is 1.81 bits per heavy atom. The van der Waals surface area contributed by atoms with Crippen LogP contribution in [-0.4, -0.2) is 27.1 Å². The SMILES string of the molecule is C#CCC(Nc1nc[nH]c(=O)c1N)C(=O)O. The minimum Gasteiger partial charge on any atom is -0.480 e. The van der Waals surface area contributed by atoms with Crippen molar-refractivity contribution in [3.05, 3.63) is 16.7 Å². The zero-order valence-corrected chi connectivity index (χ0v) is 8.23. The second kappa shape index (κ2) is 4.84. The first-order valence-corrected chi connectivity index (χ1v) is 4.32. The lowest BCUT2D eigenvalue weighted by Gasteiger charge is -2.12. The Morgan fingerprint density at radius 3 is 3.06 bits per heavy atom. The van der Waals surface area contributed by atoms with Crippen LogP contribution >= 0.6 is 0 Å². The third-order valence-electron chi connectivity index (χ3n) is 1.82. The molecule has 0 aliphatic heterocycles. The van der Waals surface area contributed by atoms with Crippen molar-refractivity contribution >= 4 is 17.5 Å². The summed E-state index contributed by atoms with van der Waals surface area (Å²) in [6, 6.07) is -1.03. The number of carbonyl (C=O) groups is 1. The lowest BCUT2D eigenvalue weighted by atomic mass is 10.2. The Labute approximate surface area is 90.7 Å². The van der Waals surface area contributed by atoms with Gasteiger partial charge in [0.05, 0.1) is 6.33 Å². The molecule has 7 heteroatoms. The summed E-state index contributed by atoms with van der Waals surface area (Å²) >= 11 is 0. The van der Waals surface area contributed by atoms with Crippen LogP contribution in [0.1, 0.15) is 6.42 Å². The second-order valence-electron chi connectivity index (χ2n) is 2.94. The third-order valence-corrected chi connectivity index (χ3v) is 1.82. The van der Waals surface area contributed by atoms with Gasteiger partial charge in [0, 0.05) is 6.42 Å². The summed E-state index contributed by atoms with van der Waals surface area (Å²) in [7, 11) is 0. The number of H-pyrrole nitrogens is 1. The molecule has 7 nitrogen and oxygen atoms in total. The number of hydrogen-bond acceptors (Lipinski definition) is 5. The molecule has 0 radical (unpaired) electrons. The first-order valence-electron chi connectivity index (χ1n) is 4.32. The number of anilines is 2. The minimum atomic E-state index is -1.14. The summed E-state index contributed by atoms with van der Waals surface area (Å²) in [5.41, 5.74) is 4.70. The Bertz CT molecular complexity index is 488. The number of rotatable bonds is 4. The molecule has 0 saturated carbocycles. The van der Waals surface area contributed by atoms with Crippen molar-refractivity contribution < 1.29 is 9.90 Å². The van der Waals surface area contributed by atoms with Gasteiger partial charge in [-0.2, -0.15) is 0 Å². The summed E-state index contributed by atoms with van der Waals surface area (Å²) in [6.45, 7) is 0. The number of nitrogens with zero attached hydrogens (tertiary/aromatic N) is 1. The Kier molecular flexibility index (Phi) is 3.50. The fraction of sp³-hybridized carbons (Fsp3) is 0.222. The molecule has 0 aromatic carbocycles. The number of nitrogens with one attached hydrogen (secondary N) is 2. The van der Waals surface area contributed by atoms with Gasteiger partial charge in [-0.3, -0.25) is 4.79 Å². The molecule has 0 saturated heterocycles. The molecule has 0 fully saturated rings. The second-order valence-corrected chi connectivity index (χ2v) is 2.94. The average molecular weight is 222 g/mol. The number of carboxylic acid groups (broad SMARTS) is 1. The van der Waals surface area contributed by atoms with Crippen LogP contribution < -0.4 is 16.6 Å². The summed E-state index contributed by atoms with van der Waals surface area (Å²) in [6.07, 6.45) is 6.10. The summed E-state index contributed by atoms with van der Waals surface area (Å²) in [4.78, 5) is 27.9. The highest BCUT2D eigenvalue weighted by Gasteiger charge is 2.18. The van der Waals surface area contributed by atoms with E-state index in [2.05, 4.69) is 21.2 Å². The minimum absolute atomic E-state index is 0.00593. The van der Waals surface area contributed by atoms with Crippen molar-refractivity contribution in [2.45, 2.75) is 12.5 Å². The molecule has 1 aromatic heterocycles. The molecule has 1 unspecified atom stereocenters. The number of hydrogen-bond donors (Lipinski definition) is 4. The van der Waals surface area contributed by atoms with Gasteiger partial charge in [0.15, 0.2) is 5.82 Å². The molecule has 1 rings (SSSR count). The monoisotopic (exact) mass is 222 g/mol. The molecule has 1 heterocycles. The predicted octanol–water partition coefficient (Wildman–Crippen LogP) is -0.759. The third kappa shape index (κ3) is 2.51. The van der Waals surface area contributed by atoms with Crippen LogP contribution in [0.15, 0.2) is 11.1 Å². The van der Waals surface area contributed by atoms with Crippen LogP contribution in [0.2, 0.25) is 0 Å². The van der Waals surface area contributed by atoms with E-state index in [0.29, 0.717) is 0 Å². The number of terminal acetylenes is 1. The molecular formula is C9H10N4O3. The van der Waals surface area contributed by atoms with Crippen molar-refractivity contribution in [2.75, 3.05) is 11.1 Å². The van der Waals surface area contributed by atoms with Crippen LogP contribution in [-0.2, 0) is 4.79 Å². The van der Waals surface area contributed by atoms with E-state index in [1.165, 1.54) is 0 Å². The average Bonchev–Trinajstić information content (AvgIpc) is 2.23. The molecule has 1 atom stereocenters. The highest BCUT2D eigenvalue weighted by molar-refractivity contribution is 5.78. The number of nitrogen functional groups attached to an aromatic ring is 1. The maximum Gasteiger partial charge on any atom is 0.327 e. The normalized spacial score (nSPS) is 11.4. The van der Waals surface area contributed by atoms with Gasteiger partial charge >= 0.3 is 5.97 Å². The van der Waals surface area contributed by atoms with Crippen LogP contribution in [0.25, 0.3) is 0 Å². The number of nitrogens with two attached hydrogens (primary N) is 1. The predicted molar refractivity (Wildman–Crippen MR) is 57.8 cm³/mol. The largest absolute Gasteiger partial charge is 0.480 e. The topological polar surface area (TPSA) is 121 Å². The number of aliphatic carboxylic acids is 1. The molecule has 16 heavy (non-hydrogen) atoms. The quantitative estimate of drug-likeness (QED) is 0.497. The number of aromatic amines is 1. The molecule has 5 N–H and O–H groups in total. The van der Waals surface area contributed by atoms with Crippen LogP contribution in [0, 0.1) is 12.3 Å². The van der Waals surface area contributed by atoms with Gasteiger partial charge in [0.2, 0.25) is 0 Å². The smallest absolute Gasteiger partial charge is 0.327 e. The van der Waals surface area contributed by atoms with Crippen molar-refractivity contribution in [3.8, 4) is 12.3 Å². The summed E-state index contributed by atoms with van der Waals surface area (Å²) in [5, 5.41) is 11.3. The standard InChI is InChI=1S/C9H10N4O3/c1-2-3-5(9(15)16)13-7-6(10)8(14)12-4-11-7/h1,4-5H,3,10H2,(H,15,16)(H2,11,12,13,14). The van der Waals surface area contributed by atoms with Gasteiger partial charge in [-0.1, -0.05) is 0 Å². The van der Waals surface area contributed by atoms with Gasteiger partial charge in [-0.25, -0.2) is 9.78 Å².